The Kier molecular flexibility index (Phi) is 18.1. The molecule has 48 heavy (non-hydrogen) atoms. The number of aliphatic hydroxyl groups excluding tert-OH is 2. The first-order valence-corrected chi connectivity index (χ1v) is 15.1. The number of aryl methyl sites for hydroxylation is 1. The maximum absolute atomic E-state index is 11.5. The van der Waals surface area contributed by atoms with Crippen molar-refractivity contribution in [1.82, 2.24) is 19.9 Å². The Morgan fingerprint density at radius 1 is 1.00 bits per heavy atom. The zero-order chi connectivity index (χ0) is 32.0. The molecule has 2 aromatic heterocycles. The molecule has 5 rings (SSSR count). The summed E-state index contributed by atoms with van der Waals surface area (Å²) in [6.45, 7) is 13.9. The molecule has 4 atom stereocenters. The van der Waals surface area contributed by atoms with Crippen molar-refractivity contribution in [3.63, 3.8) is 0 Å². The van der Waals surface area contributed by atoms with Gasteiger partial charge in [0.2, 0.25) is 0 Å². The van der Waals surface area contributed by atoms with Crippen molar-refractivity contribution in [3.05, 3.63) is 81.7 Å². The minimum absolute atomic E-state index is 0. The largest absolute Gasteiger partial charge is 2.00 e. The van der Waals surface area contributed by atoms with Crippen LogP contribution in [0.2, 0.25) is 0 Å². The Labute approximate surface area is 358 Å². The van der Waals surface area contributed by atoms with Crippen LogP contribution in [0.4, 0.5) is 0 Å². The molecule has 3 aliphatic heterocycles. The average Bonchev–Trinajstić information content (AvgIpc) is 3.63. The molecule has 0 aliphatic carbocycles. The van der Waals surface area contributed by atoms with Gasteiger partial charge in [0.15, 0.2) is 12.6 Å². The maximum Gasteiger partial charge on any atom is 2.00 e. The first kappa shape index (κ1) is 45.7. The summed E-state index contributed by atoms with van der Waals surface area (Å²) < 4.78 is 0. The number of aromatic nitrogens is 4. The number of allylic oxidation sites excluding steroid dienone is 3. The number of carbonyl (C=O) groups is 1. The van der Waals surface area contributed by atoms with Crippen LogP contribution in [0.3, 0.4) is 0 Å². The molecule has 243 valence electrons. The molecular weight excluding hydrogens is 693 g/mol. The number of fused-ring (bicyclic) bond motifs is 8. The minimum atomic E-state index is -1.91. The molecule has 0 amide bonds. The molecule has 4 N–H and O–H groups in total. The van der Waals surface area contributed by atoms with Crippen LogP contribution in [0.25, 0.3) is 22.2 Å². The van der Waals surface area contributed by atoms with E-state index in [9.17, 15) is 30.3 Å². The van der Waals surface area contributed by atoms with Gasteiger partial charge in [-0.1, -0.05) is 50.6 Å². The van der Waals surface area contributed by atoms with Crippen molar-refractivity contribution in [3.8, 4) is 0 Å². The number of hydrogen-bond donors (Lipinski definition) is 4. The predicted octanol–water partition coefficient (Wildman–Crippen LogP) is -5.72. The second-order valence-electron chi connectivity index (χ2n) is 11.9. The van der Waals surface area contributed by atoms with Gasteiger partial charge in [0, 0.05) is 35.6 Å². The molecule has 10 nitrogen and oxygen atoms in total. The van der Waals surface area contributed by atoms with Gasteiger partial charge in [-0.3, -0.25) is 4.98 Å². The first-order valence-electron chi connectivity index (χ1n) is 15.1. The van der Waals surface area contributed by atoms with Gasteiger partial charge in [-0.15, -0.1) is 17.6 Å². The Balaban J connectivity index is 0.00000288. The van der Waals surface area contributed by atoms with Crippen LogP contribution in [0.1, 0.15) is 128 Å². The molecule has 0 aromatic carbocycles. The van der Waals surface area contributed by atoms with E-state index in [0.29, 0.717) is 40.1 Å². The van der Waals surface area contributed by atoms with Gasteiger partial charge in [-0.25, -0.2) is 4.98 Å². The van der Waals surface area contributed by atoms with Gasteiger partial charge in [0.25, 0.3) is 0 Å². The van der Waals surface area contributed by atoms with Crippen molar-refractivity contribution >= 4 is 28.1 Å². The van der Waals surface area contributed by atoms with Crippen molar-refractivity contribution in [1.29, 1.82) is 0 Å². The van der Waals surface area contributed by atoms with Gasteiger partial charge in [-0.05, 0) is 67.2 Å². The van der Waals surface area contributed by atoms with Crippen LogP contribution in [0.15, 0.2) is 30.9 Å². The standard InChI is InChI=1S/C34H41N4O6.Cu.3Na/c1-7-19-15(3)23-12-25-17(5)21(9-10-29(39)40)32(37-25)22(11-30(41)42)33-31(34(43)44)18(6)26(38-33)14-28-20(8-2)16(4)24(36-28)13-27(19)35-23;;;;/h7,12-15,17,19,21,30,34,41-44H,1,8-11H2,2-6H3,(H2-,35,36,37,38,39,40);;;;/q-1;+2;3*+1/p-2/t15?,17?,19?,21-;;;;/m0..../s1. The van der Waals surface area contributed by atoms with E-state index in [0.717, 1.165) is 28.2 Å². The SMILES string of the molecule is C=CC1c2cc3nc(cc4[n-]c(c(CC(O)O)c5nc(cc([n-]2)C1C)C(C)[C@@H]5CCC(=O)[O-])c(C(O)O)c4C)C(CC)=C3C.[Cu+2].[Na+].[Na+].[Na+]. The molecule has 8 bridgehead atoms. The zero-order valence-corrected chi connectivity index (χ0v) is 35.9. The van der Waals surface area contributed by atoms with Gasteiger partial charge < -0.3 is 40.3 Å². The van der Waals surface area contributed by atoms with Gasteiger partial charge >= 0.3 is 106 Å². The van der Waals surface area contributed by atoms with E-state index < -0.39 is 24.5 Å². The first-order chi connectivity index (χ1) is 20.9. The van der Waals surface area contributed by atoms with Crippen LogP contribution >= 0.6 is 0 Å². The third-order valence-electron chi connectivity index (χ3n) is 9.30. The molecule has 2 aromatic rings. The molecule has 0 saturated carbocycles. The number of carboxylic acids is 1. The second kappa shape index (κ2) is 19.0. The summed E-state index contributed by atoms with van der Waals surface area (Å²) >= 11 is 0. The fraction of sp³-hybridized carbons (Fsp3) is 0.441. The molecule has 3 unspecified atom stereocenters. The average molecular weight is 732 g/mol. The topological polar surface area (TPSA) is 175 Å². The monoisotopic (exact) mass is 731 g/mol. The second-order valence-corrected chi connectivity index (χ2v) is 11.9. The van der Waals surface area contributed by atoms with Gasteiger partial charge in [-0.2, -0.15) is 11.4 Å². The van der Waals surface area contributed by atoms with E-state index in [4.69, 9.17) is 19.9 Å². The van der Waals surface area contributed by atoms with E-state index in [-0.39, 0.29) is 154 Å². The summed E-state index contributed by atoms with van der Waals surface area (Å²) in [5.41, 5.74) is 7.82. The summed E-state index contributed by atoms with van der Waals surface area (Å²) in [7, 11) is 0. The van der Waals surface area contributed by atoms with E-state index in [1.165, 1.54) is 0 Å². The van der Waals surface area contributed by atoms with Crippen LogP contribution in [-0.4, -0.2) is 42.7 Å². The minimum Gasteiger partial charge on any atom is -0.664 e. The fourth-order valence-corrected chi connectivity index (χ4v) is 6.79. The number of aliphatic hydroxyl groups is 4. The molecule has 5 heterocycles. The molecule has 0 spiro atoms. The summed E-state index contributed by atoms with van der Waals surface area (Å²) in [4.78, 5) is 31.3. The van der Waals surface area contributed by atoms with E-state index >= 15 is 0 Å². The van der Waals surface area contributed by atoms with Gasteiger partial charge in [0.05, 0.1) is 11.4 Å². The summed E-state index contributed by atoms with van der Waals surface area (Å²) in [6.07, 6.45) is -1.48. The van der Waals surface area contributed by atoms with E-state index in [2.05, 4.69) is 13.5 Å². The smallest absolute Gasteiger partial charge is 0.664 e. The molecule has 3 aliphatic rings. The van der Waals surface area contributed by atoms with Crippen LogP contribution in [0.5, 0.6) is 0 Å². The van der Waals surface area contributed by atoms with Crippen LogP contribution < -0.4 is 104 Å². The van der Waals surface area contributed by atoms with Crippen molar-refractivity contribution in [2.75, 3.05) is 0 Å². The van der Waals surface area contributed by atoms with Crippen molar-refractivity contribution < 1.29 is 136 Å². The number of hydrogen-bond acceptors (Lipinski definition) is 8. The number of nitrogens with zero attached hydrogens (tertiary/aromatic N) is 4. The van der Waals surface area contributed by atoms with Crippen molar-refractivity contribution in [2.45, 2.75) is 96.6 Å². The van der Waals surface area contributed by atoms with Crippen LogP contribution in [0, 0.1) is 6.92 Å². The molecule has 14 heteroatoms. The maximum atomic E-state index is 11.5. The number of aliphatic carboxylic acids is 1. The molecule has 1 radical (unpaired) electrons. The normalized spacial score (nSPS) is 19.1. The number of rotatable bonds is 8. The third-order valence-corrected chi connectivity index (χ3v) is 9.30. The van der Waals surface area contributed by atoms with Crippen molar-refractivity contribution in [2.24, 2.45) is 0 Å². The summed E-state index contributed by atoms with van der Waals surface area (Å²) in [5, 5.41) is 53.0. The molecule has 0 saturated heterocycles. The van der Waals surface area contributed by atoms with E-state index in [1.807, 2.05) is 45.0 Å². The quantitative estimate of drug-likeness (QED) is 0.116. The molecule has 0 fully saturated rings. The summed E-state index contributed by atoms with van der Waals surface area (Å²) in [5.74, 6) is -1.97. The summed E-state index contributed by atoms with van der Waals surface area (Å²) in [6, 6.07) is 5.73. The van der Waals surface area contributed by atoms with Gasteiger partial charge in [0.1, 0.15) is 0 Å². The fourth-order valence-electron chi connectivity index (χ4n) is 6.79. The number of carboxylic acid groups (broad SMARTS) is 1. The molecular formula is C34H39CuN4Na3O6+2. The Morgan fingerprint density at radius 2 is 1.67 bits per heavy atom. The Bertz CT molecular complexity index is 1740. The Hall–Kier alpha value is -0.311. The number of carbonyl (C=O) groups excluding carboxylic acids is 1. The van der Waals surface area contributed by atoms with Crippen LogP contribution in [-0.2, 0) is 28.3 Å². The Morgan fingerprint density at radius 3 is 2.23 bits per heavy atom. The third kappa shape index (κ3) is 9.00. The van der Waals surface area contributed by atoms with E-state index in [1.54, 1.807) is 6.92 Å². The zero-order valence-electron chi connectivity index (χ0n) is 29.0. The predicted molar refractivity (Wildman–Crippen MR) is 164 cm³/mol.